The average molecular weight is 348 g/mol. The number of rotatable bonds is 7. The minimum Gasteiger partial charge on any atom is -0.419 e. The molecule has 2 rings (SSSR count). The summed E-state index contributed by atoms with van der Waals surface area (Å²) in [5.74, 6) is -1.47. The van der Waals surface area contributed by atoms with Crippen LogP contribution in [0.15, 0.2) is 34.7 Å². The lowest BCUT2D eigenvalue weighted by Gasteiger charge is -2.29. The molecular formula is C19H24O4S. The fourth-order valence-electron chi connectivity index (χ4n) is 2.38. The fraction of sp³-hybridized carbons (Fsp3) is 0.474. The molecule has 130 valence electrons. The zero-order chi connectivity index (χ0) is 17.6. The van der Waals surface area contributed by atoms with Crippen molar-refractivity contribution in [2.24, 2.45) is 0 Å². The number of benzene rings is 1. The fourth-order valence-corrected chi connectivity index (χ4v) is 3.41. The summed E-state index contributed by atoms with van der Waals surface area (Å²) >= 11 is 1.74. The van der Waals surface area contributed by atoms with E-state index < -0.39 is 17.7 Å². The molecule has 0 aliphatic carbocycles. The van der Waals surface area contributed by atoms with Gasteiger partial charge in [0.25, 0.3) is 5.79 Å². The zero-order valence-electron chi connectivity index (χ0n) is 14.5. The monoisotopic (exact) mass is 348 g/mol. The van der Waals surface area contributed by atoms with Gasteiger partial charge in [-0.2, -0.15) is 0 Å². The van der Waals surface area contributed by atoms with Crippen LogP contribution >= 0.6 is 11.8 Å². The van der Waals surface area contributed by atoms with Crippen molar-refractivity contribution < 1.29 is 19.1 Å². The smallest absolute Gasteiger partial charge is 0.348 e. The Labute approximate surface area is 147 Å². The van der Waals surface area contributed by atoms with Crippen LogP contribution in [0.3, 0.4) is 0 Å². The van der Waals surface area contributed by atoms with Crippen molar-refractivity contribution in [3.63, 3.8) is 0 Å². The lowest BCUT2D eigenvalue weighted by Crippen LogP contribution is -2.41. The van der Waals surface area contributed by atoms with Crippen molar-refractivity contribution in [2.75, 3.05) is 5.75 Å². The van der Waals surface area contributed by atoms with Crippen LogP contribution in [0.2, 0.25) is 0 Å². The van der Waals surface area contributed by atoms with Gasteiger partial charge in [-0.15, -0.1) is 11.8 Å². The number of carbonyl (C=O) groups excluding carboxylic acids is 2. The third-order valence-electron chi connectivity index (χ3n) is 3.59. The second-order valence-corrected chi connectivity index (χ2v) is 7.32. The van der Waals surface area contributed by atoms with Crippen molar-refractivity contribution in [2.45, 2.75) is 57.1 Å². The topological polar surface area (TPSA) is 52.6 Å². The predicted molar refractivity (Wildman–Crippen MR) is 95.5 cm³/mol. The predicted octanol–water partition coefficient (Wildman–Crippen LogP) is 4.58. The molecule has 24 heavy (non-hydrogen) atoms. The molecule has 0 amide bonds. The quantitative estimate of drug-likeness (QED) is 0.237. The van der Waals surface area contributed by atoms with Gasteiger partial charge >= 0.3 is 11.9 Å². The number of unbranched alkanes of at least 4 members (excludes halogenated alkanes) is 3. The third kappa shape index (κ3) is 5.13. The Kier molecular flexibility index (Phi) is 6.49. The molecule has 1 aliphatic heterocycles. The third-order valence-corrected chi connectivity index (χ3v) is 4.77. The first kappa shape index (κ1) is 18.6. The first-order valence-electron chi connectivity index (χ1n) is 8.33. The molecule has 0 radical (unpaired) electrons. The molecule has 0 unspecified atom stereocenters. The van der Waals surface area contributed by atoms with Crippen LogP contribution in [0.25, 0.3) is 6.08 Å². The van der Waals surface area contributed by atoms with Gasteiger partial charge in [0.1, 0.15) is 5.57 Å². The molecule has 1 saturated heterocycles. The number of hydrogen-bond acceptors (Lipinski definition) is 5. The van der Waals surface area contributed by atoms with E-state index in [2.05, 4.69) is 6.92 Å². The van der Waals surface area contributed by atoms with Crippen LogP contribution in [0.5, 0.6) is 0 Å². The Morgan fingerprint density at radius 3 is 2.38 bits per heavy atom. The van der Waals surface area contributed by atoms with Gasteiger partial charge in [0, 0.05) is 18.7 Å². The highest BCUT2D eigenvalue weighted by molar-refractivity contribution is 7.99. The van der Waals surface area contributed by atoms with Crippen molar-refractivity contribution in [1.82, 2.24) is 0 Å². The zero-order valence-corrected chi connectivity index (χ0v) is 15.3. The summed E-state index contributed by atoms with van der Waals surface area (Å²) in [5.41, 5.74) is 0.773. The number of hydrogen-bond donors (Lipinski definition) is 0. The van der Waals surface area contributed by atoms with Crippen LogP contribution in [-0.2, 0) is 19.1 Å². The summed E-state index contributed by atoms with van der Waals surface area (Å²) in [4.78, 5) is 25.2. The lowest BCUT2D eigenvalue weighted by molar-refractivity contribution is -0.222. The van der Waals surface area contributed by atoms with Crippen LogP contribution in [0, 0.1) is 0 Å². The molecule has 0 bridgehead atoms. The van der Waals surface area contributed by atoms with Gasteiger partial charge in [0.2, 0.25) is 0 Å². The summed E-state index contributed by atoms with van der Waals surface area (Å²) in [6, 6.07) is 7.73. The van der Waals surface area contributed by atoms with Gasteiger partial charge in [-0.3, -0.25) is 0 Å². The van der Waals surface area contributed by atoms with E-state index in [1.54, 1.807) is 31.7 Å². The van der Waals surface area contributed by atoms with E-state index in [0.29, 0.717) is 0 Å². The Morgan fingerprint density at radius 2 is 1.71 bits per heavy atom. The second kappa shape index (κ2) is 8.38. The SMILES string of the molecule is CCCCCCSc1ccccc1C=C1C(=O)OC(C)(C)OC1=O. The Morgan fingerprint density at radius 1 is 1.04 bits per heavy atom. The molecule has 1 fully saturated rings. The van der Waals surface area contributed by atoms with Crippen LogP contribution in [-0.4, -0.2) is 23.5 Å². The van der Waals surface area contributed by atoms with E-state index >= 15 is 0 Å². The molecule has 4 nitrogen and oxygen atoms in total. The van der Waals surface area contributed by atoms with Crippen molar-refractivity contribution in [3.05, 3.63) is 35.4 Å². The van der Waals surface area contributed by atoms with Gasteiger partial charge < -0.3 is 9.47 Å². The molecule has 0 saturated carbocycles. The highest BCUT2D eigenvalue weighted by atomic mass is 32.2. The number of carbonyl (C=O) groups is 2. The highest BCUT2D eigenvalue weighted by Gasteiger charge is 2.38. The van der Waals surface area contributed by atoms with E-state index in [9.17, 15) is 9.59 Å². The molecular weight excluding hydrogens is 324 g/mol. The van der Waals surface area contributed by atoms with Gasteiger partial charge in [0.05, 0.1) is 0 Å². The lowest BCUT2D eigenvalue weighted by atomic mass is 10.1. The van der Waals surface area contributed by atoms with Crippen LogP contribution < -0.4 is 0 Å². The van der Waals surface area contributed by atoms with Crippen LogP contribution in [0.4, 0.5) is 0 Å². The van der Waals surface area contributed by atoms with E-state index in [0.717, 1.165) is 22.6 Å². The van der Waals surface area contributed by atoms with Crippen molar-refractivity contribution in [1.29, 1.82) is 0 Å². The van der Waals surface area contributed by atoms with E-state index in [1.807, 2.05) is 24.3 Å². The first-order chi connectivity index (χ1) is 11.4. The summed E-state index contributed by atoms with van der Waals surface area (Å²) in [6.07, 6.45) is 6.41. The summed E-state index contributed by atoms with van der Waals surface area (Å²) in [7, 11) is 0. The minimum absolute atomic E-state index is 0.0617. The van der Waals surface area contributed by atoms with Gasteiger partial charge in [-0.1, -0.05) is 44.4 Å². The molecule has 1 heterocycles. The van der Waals surface area contributed by atoms with E-state index in [4.69, 9.17) is 9.47 Å². The molecule has 1 aromatic rings. The first-order valence-corrected chi connectivity index (χ1v) is 9.31. The molecule has 0 N–H and O–H groups in total. The number of esters is 2. The second-order valence-electron chi connectivity index (χ2n) is 6.18. The Balaban J connectivity index is 2.11. The van der Waals surface area contributed by atoms with Gasteiger partial charge in [-0.05, 0) is 29.9 Å². The van der Waals surface area contributed by atoms with Crippen molar-refractivity contribution >= 4 is 29.8 Å². The molecule has 5 heteroatoms. The number of cyclic esters (lactones) is 2. The Hall–Kier alpha value is -1.75. The van der Waals surface area contributed by atoms with Gasteiger partial charge in [0.15, 0.2) is 0 Å². The maximum atomic E-state index is 12.1. The minimum atomic E-state index is -1.21. The molecule has 0 spiro atoms. The number of thioether (sulfide) groups is 1. The van der Waals surface area contributed by atoms with E-state index in [-0.39, 0.29) is 5.57 Å². The summed E-state index contributed by atoms with van der Waals surface area (Å²) < 4.78 is 10.3. The van der Waals surface area contributed by atoms with Gasteiger partial charge in [-0.25, -0.2) is 9.59 Å². The highest BCUT2D eigenvalue weighted by Crippen LogP contribution is 2.29. The summed E-state index contributed by atoms with van der Waals surface area (Å²) in [5, 5.41) is 0. The molecule has 0 aromatic heterocycles. The standard InChI is InChI=1S/C19H24O4S/c1-4-5-6-9-12-24-16-11-8-7-10-14(16)13-15-17(20)22-19(2,3)23-18(15)21/h7-8,10-11,13H,4-6,9,12H2,1-3H3. The maximum Gasteiger partial charge on any atom is 0.348 e. The van der Waals surface area contributed by atoms with E-state index in [1.165, 1.54) is 19.3 Å². The summed E-state index contributed by atoms with van der Waals surface area (Å²) in [6.45, 7) is 5.28. The largest absolute Gasteiger partial charge is 0.419 e. The average Bonchev–Trinajstić information content (AvgIpc) is 2.51. The van der Waals surface area contributed by atoms with Crippen molar-refractivity contribution in [3.8, 4) is 0 Å². The maximum absolute atomic E-state index is 12.1. The number of ether oxygens (including phenoxy) is 2. The normalized spacial score (nSPS) is 16.5. The molecule has 0 atom stereocenters. The van der Waals surface area contributed by atoms with Crippen LogP contribution in [0.1, 0.15) is 52.0 Å². The molecule has 1 aliphatic rings. The molecule has 1 aromatic carbocycles. The Bertz CT molecular complexity index is 612.